The van der Waals surface area contributed by atoms with Gasteiger partial charge in [-0.1, -0.05) is 6.92 Å². The maximum atomic E-state index is 5.68. The first kappa shape index (κ1) is 14.3. The van der Waals surface area contributed by atoms with Gasteiger partial charge in [-0.05, 0) is 64.6 Å². The molecular formula is C15H30N2O. The Balaban J connectivity index is 1.70. The summed E-state index contributed by atoms with van der Waals surface area (Å²) < 4.78 is 5.68. The number of hydrogen-bond acceptors (Lipinski definition) is 3. The second kappa shape index (κ2) is 6.88. The Hall–Kier alpha value is -0.120. The number of hydrogen-bond donors (Lipinski definition) is 1. The van der Waals surface area contributed by atoms with E-state index in [1.165, 1.54) is 64.6 Å². The summed E-state index contributed by atoms with van der Waals surface area (Å²) >= 11 is 0. The van der Waals surface area contributed by atoms with Crippen LogP contribution in [0.25, 0.3) is 0 Å². The van der Waals surface area contributed by atoms with Crippen molar-refractivity contribution in [2.45, 2.75) is 63.5 Å². The third-order valence-electron chi connectivity index (χ3n) is 4.77. The monoisotopic (exact) mass is 254 g/mol. The minimum Gasteiger partial charge on any atom is -0.377 e. The Kier molecular flexibility index (Phi) is 5.46. The van der Waals surface area contributed by atoms with Gasteiger partial charge in [0.05, 0.1) is 5.60 Å². The van der Waals surface area contributed by atoms with E-state index >= 15 is 0 Å². The molecule has 3 nitrogen and oxygen atoms in total. The molecule has 2 fully saturated rings. The second-order valence-corrected chi connectivity index (χ2v) is 6.09. The van der Waals surface area contributed by atoms with Gasteiger partial charge >= 0.3 is 0 Å². The molecule has 0 spiro atoms. The average Bonchev–Trinajstić information content (AvgIpc) is 2.55. The fourth-order valence-electron chi connectivity index (χ4n) is 3.25. The van der Waals surface area contributed by atoms with Crippen LogP contribution in [0.15, 0.2) is 0 Å². The molecule has 1 heterocycles. The molecule has 0 bridgehead atoms. The van der Waals surface area contributed by atoms with Crippen LogP contribution < -0.4 is 5.32 Å². The van der Waals surface area contributed by atoms with E-state index in [4.69, 9.17) is 4.74 Å². The molecule has 0 aromatic rings. The van der Waals surface area contributed by atoms with Crippen molar-refractivity contribution in [1.82, 2.24) is 10.2 Å². The summed E-state index contributed by atoms with van der Waals surface area (Å²) in [5, 5.41) is 3.77. The van der Waals surface area contributed by atoms with Crippen LogP contribution in [0, 0.1) is 0 Å². The molecular weight excluding hydrogens is 224 g/mol. The summed E-state index contributed by atoms with van der Waals surface area (Å²) in [6, 6.07) is 0.708. The molecule has 0 radical (unpaired) electrons. The summed E-state index contributed by atoms with van der Waals surface area (Å²) in [4.78, 5) is 2.62. The van der Waals surface area contributed by atoms with Crippen molar-refractivity contribution in [2.24, 2.45) is 0 Å². The van der Waals surface area contributed by atoms with Gasteiger partial charge in [0.15, 0.2) is 0 Å². The van der Waals surface area contributed by atoms with Crippen molar-refractivity contribution >= 4 is 0 Å². The highest BCUT2D eigenvalue weighted by molar-refractivity contribution is 4.92. The van der Waals surface area contributed by atoms with Gasteiger partial charge in [0.25, 0.3) is 0 Å². The van der Waals surface area contributed by atoms with Gasteiger partial charge in [0, 0.05) is 19.7 Å². The fourth-order valence-corrected chi connectivity index (χ4v) is 3.25. The maximum Gasteiger partial charge on any atom is 0.0802 e. The summed E-state index contributed by atoms with van der Waals surface area (Å²) in [6.07, 6.45) is 9.09. The highest BCUT2D eigenvalue weighted by Gasteiger charge is 2.37. The Morgan fingerprint density at radius 2 is 2.06 bits per heavy atom. The van der Waals surface area contributed by atoms with Crippen LogP contribution in [-0.4, -0.2) is 49.8 Å². The molecule has 1 saturated heterocycles. The third-order valence-corrected chi connectivity index (χ3v) is 4.77. The van der Waals surface area contributed by atoms with Gasteiger partial charge in [0.1, 0.15) is 0 Å². The third kappa shape index (κ3) is 3.69. The van der Waals surface area contributed by atoms with Crippen molar-refractivity contribution in [1.29, 1.82) is 0 Å². The van der Waals surface area contributed by atoms with Gasteiger partial charge in [-0.25, -0.2) is 0 Å². The molecule has 106 valence electrons. The maximum absolute atomic E-state index is 5.68. The highest BCUT2D eigenvalue weighted by Crippen LogP contribution is 2.34. The van der Waals surface area contributed by atoms with Gasteiger partial charge in [-0.2, -0.15) is 0 Å². The minimum absolute atomic E-state index is 0.176. The predicted octanol–water partition coefficient (Wildman–Crippen LogP) is 2.41. The first-order valence-electron chi connectivity index (χ1n) is 7.79. The number of nitrogens with zero attached hydrogens (tertiary/aromatic N) is 1. The van der Waals surface area contributed by atoms with Crippen LogP contribution in [0.1, 0.15) is 51.9 Å². The Morgan fingerprint density at radius 3 is 2.67 bits per heavy atom. The number of rotatable bonds is 6. The van der Waals surface area contributed by atoms with E-state index in [1.807, 2.05) is 7.11 Å². The lowest BCUT2D eigenvalue weighted by atomic mass is 9.79. The van der Waals surface area contributed by atoms with E-state index in [1.54, 1.807) is 0 Å². The molecule has 1 saturated carbocycles. The zero-order valence-corrected chi connectivity index (χ0v) is 12.2. The van der Waals surface area contributed by atoms with Crippen molar-refractivity contribution < 1.29 is 4.74 Å². The van der Waals surface area contributed by atoms with Crippen molar-refractivity contribution in [2.75, 3.05) is 33.3 Å². The molecule has 1 N–H and O–H groups in total. The molecule has 18 heavy (non-hydrogen) atoms. The molecule has 2 rings (SSSR count). The standard InChI is InChI=1S/C15H30N2O/c1-3-10-17-11-4-6-14(7-12-17)16-13-15(18-2)8-5-9-15/h14,16H,3-13H2,1-2H3. The Bertz CT molecular complexity index is 235. The summed E-state index contributed by atoms with van der Waals surface area (Å²) in [5.74, 6) is 0. The van der Waals surface area contributed by atoms with Crippen LogP contribution in [0.3, 0.4) is 0 Å². The molecule has 0 amide bonds. The predicted molar refractivity (Wildman–Crippen MR) is 76.0 cm³/mol. The van der Waals surface area contributed by atoms with Crippen LogP contribution in [0.5, 0.6) is 0 Å². The molecule has 0 aromatic carbocycles. The second-order valence-electron chi connectivity index (χ2n) is 6.09. The number of nitrogens with one attached hydrogen (secondary N) is 1. The van der Waals surface area contributed by atoms with Gasteiger partial charge < -0.3 is 15.0 Å². The van der Waals surface area contributed by atoms with Crippen molar-refractivity contribution in [3.63, 3.8) is 0 Å². The minimum atomic E-state index is 0.176. The molecule has 1 aliphatic carbocycles. The SMILES string of the molecule is CCCN1CCCC(NCC2(OC)CCC2)CC1. The lowest BCUT2D eigenvalue weighted by Gasteiger charge is -2.41. The number of methoxy groups -OCH3 is 1. The average molecular weight is 254 g/mol. The van der Waals surface area contributed by atoms with E-state index in [-0.39, 0.29) is 5.60 Å². The molecule has 1 aliphatic heterocycles. The van der Waals surface area contributed by atoms with Gasteiger partial charge in [0.2, 0.25) is 0 Å². The van der Waals surface area contributed by atoms with E-state index in [9.17, 15) is 0 Å². The van der Waals surface area contributed by atoms with Crippen LogP contribution >= 0.6 is 0 Å². The topological polar surface area (TPSA) is 24.5 Å². The summed E-state index contributed by atoms with van der Waals surface area (Å²) in [5.41, 5.74) is 0.176. The quantitative estimate of drug-likeness (QED) is 0.788. The lowest BCUT2D eigenvalue weighted by molar-refractivity contribution is -0.0710. The molecule has 1 atom stereocenters. The Labute approximate surface area is 112 Å². The smallest absolute Gasteiger partial charge is 0.0802 e. The van der Waals surface area contributed by atoms with E-state index in [0.717, 1.165) is 6.54 Å². The summed E-state index contributed by atoms with van der Waals surface area (Å²) in [6.45, 7) is 7.17. The molecule has 1 unspecified atom stereocenters. The van der Waals surface area contributed by atoms with Crippen LogP contribution in [0.2, 0.25) is 0 Å². The zero-order chi connectivity index (χ0) is 12.8. The van der Waals surface area contributed by atoms with E-state index in [0.29, 0.717) is 6.04 Å². The van der Waals surface area contributed by atoms with Crippen molar-refractivity contribution in [3.8, 4) is 0 Å². The lowest BCUT2D eigenvalue weighted by Crippen LogP contribution is -2.50. The van der Waals surface area contributed by atoms with Crippen LogP contribution in [-0.2, 0) is 4.74 Å². The largest absolute Gasteiger partial charge is 0.377 e. The molecule has 3 heteroatoms. The Morgan fingerprint density at radius 1 is 1.22 bits per heavy atom. The van der Waals surface area contributed by atoms with Crippen molar-refractivity contribution in [3.05, 3.63) is 0 Å². The number of likely N-dealkylation sites (tertiary alicyclic amines) is 1. The summed E-state index contributed by atoms with van der Waals surface area (Å²) in [7, 11) is 1.87. The van der Waals surface area contributed by atoms with E-state index in [2.05, 4.69) is 17.1 Å². The molecule has 2 aliphatic rings. The first-order chi connectivity index (χ1) is 8.78. The number of ether oxygens (including phenoxy) is 1. The first-order valence-corrected chi connectivity index (χ1v) is 7.79. The zero-order valence-electron chi connectivity index (χ0n) is 12.2. The molecule has 0 aromatic heterocycles. The highest BCUT2D eigenvalue weighted by atomic mass is 16.5. The van der Waals surface area contributed by atoms with Gasteiger partial charge in [-0.3, -0.25) is 0 Å². The van der Waals surface area contributed by atoms with E-state index < -0.39 is 0 Å². The normalized spacial score (nSPS) is 28.7. The van der Waals surface area contributed by atoms with Crippen LogP contribution in [0.4, 0.5) is 0 Å². The van der Waals surface area contributed by atoms with Gasteiger partial charge in [-0.15, -0.1) is 0 Å². The fraction of sp³-hybridized carbons (Fsp3) is 1.00.